The van der Waals surface area contributed by atoms with Crippen molar-refractivity contribution in [3.05, 3.63) is 0 Å². The highest BCUT2D eigenvalue weighted by atomic mass is 16.8. The average Bonchev–Trinajstić information content (AvgIpc) is 2.42. The highest BCUT2D eigenvalue weighted by Gasteiger charge is 2.50. The van der Waals surface area contributed by atoms with E-state index in [1.54, 1.807) is 20.8 Å². The van der Waals surface area contributed by atoms with E-state index >= 15 is 0 Å². The Morgan fingerprint density at radius 1 is 1.29 bits per heavy atom. The molecule has 1 saturated heterocycles. The highest BCUT2D eigenvalue weighted by molar-refractivity contribution is 4.89. The van der Waals surface area contributed by atoms with E-state index in [0.29, 0.717) is 0 Å². The topological polar surface area (TPSA) is 79.2 Å². The summed E-state index contributed by atoms with van der Waals surface area (Å²) in [6.07, 6.45) is -1.49. The Hall–Kier alpha value is -0.200. The van der Waals surface area contributed by atoms with Gasteiger partial charge in [-0.1, -0.05) is 6.92 Å². The first-order valence-corrected chi connectivity index (χ1v) is 4.73. The lowest BCUT2D eigenvalue weighted by Crippen LogP contribution is -2.48. The van der Waals surface area contributed by atoms with Gasteiger partial charge in [-0.05, 0) is 13.8 Å². The van der Waals surface area contributed by atoms with Gasteiger partial charge in [0.25, 0.3) is 0 Å². The zero-order chi connectivity index (χ0) is 11.0. The predicted octanol–water partition coefficient (Wildman–Crippen LogP) is -0.410. The lowest BCUT2D eigenvalue weighted by atomic mass is 10.0. The molecule has 0 bridgehead atoms. The van der Waals surface area contributed by atoms with Gasteiger partial charge in [-0.3, -0.25) is 0 Å². The number of hydrogen-bond acceptors (Lipinski definition) is 5. The molecule has 14 heavy (non-hydrogen) atoms. The Balaban J connectivity index is 2.78. The zero-order valence-electron chi connectivity index (χ0n) is 8.73. The van der Waals surface area contributed by atoms with Gasteiger partial charge in [0.2, 0.25) is 0 Å². The third-order valence-electron chi connectivity index (χ3n) is 2.34. The van der Waals surface area contributed by atoms with Crippen LogP contribution < -0.4 is 0 Å². The molecule has 1 fully saturated rings. The van der Waals surface area contributed by atoms with Gasteiger partial charge in [0.05, 0.1) is 6.61 Å². The van der Waals surface area contributed by atoms with Crippen LogP contribution in [0.25, 0.3) is 0 Å². The van der Waals surface area contributed by atoms with Crippen molar-refractivity contribution in [1.82, 2.24) is 0 Å². The van der Waals surface area contributed by atoms with Gasteiger partial charge in [-0.15, -0.1) is 0 Å². The van der Waals surface area contributed by atoms with E-state index in [9.17, 15) is 10.2 Å². The molecular formula is C9H18O5. The van der Waals surface area contributed by atoms with Crippen LogP contribution >= 0.6 is 0 Å². The van der Waals surface area contributed by atoms with Gasteiger partial charge >= 0.3 is 0 Å². The van der Waals surface area contributed by atoms with Crippen molar-refractivity contribution < 1.29 is 24.8 Å². The van der Waals surface area contributed by atoms with Crippen molar-refractivity contribution in [3.8, 4) is 0 Å². The van der Waals surface area contributed by atoms with Crippen molar-refractivity contribution >= 4 is 0 Å². The van der Waals surface area contributed by atoms with Gasteiger partial charge < -0.3 is 24.8 Å². The minimum atomic E-state index is -1.96. The van der Waals surface area contributed by atoms with E-state index < -0.39 is 23.8 Å². The number of ether oxygens (including phenoxy) is 2. The van der Waals surface area contributed by atoms with Crippen molar-refractivity contribution in [2.75, 3.05) is 6.61 Å². The molecule has 2 unspecified atom stereocenters. The maximum Gasteiger partial charge on any atom is 0.192 e. The van der Waals surface area contributed by atoms with E-state index in [0.717, 1.165) is 0 Å². The average molecular weight is 206 g/mol. The number of hydrogen-bond donors (Lipinski definition) is 3. The van der Waals surface area contributed by atoms with E-state index in [1.165, 1.54) is 0 Å². The minimum absolute atomic E-state index is 0.119. The lowest BCUT2D eigenvalue weighted by Gasteiger charge is -2.28. The Morgan fingerprint density at radius 2 is 1.86 bits per heavy atom. The summed E-state index contributed by atoms with van der Waals surface area (Å²) in [5.74, 6) is -2.84. The second-order valence-corrected chi connectivity index (χ2v) is 4.01. The number of rotatable bonds is 3. The summed E-state index contributed by atoms with van der Waals surface area (Å²) in [7, 11) is 0. The third-order valence-corrected chi connectivity index (χ3v) is 2.34. The molecule has 0 aliphatic carbocycles. The fourth-order valence-corrected chi connectivity index (χ4v) is 1.56. The van der Waals surface area contributed by atoms with Crippen molar-refractivity contribution in [2.24, 2.45) is 0 Å². The van der Waals surface area contributed by atoms with Crippen LogP contribution in [0.5, 0.6) is 0 Å². The molecule has 84 valence electrons. The first-order chi connectivity index (χ1) is 6.32. The minimum Gasteiger partial charge on any atom is -0.394 e. The summed E-state index contributed by atoms with van der Waals surface area (Å²) in [6, 6.07) is 0. The van der Waals surface area contributed by atoms with Crippen LogP contribution in [0.15, 0.2) is 0 Å². The van der Waals surface area contributed by atoms with Gasteiger partial charge in [-0.25, -0.2) is 0 Å². The highest BCUT2D eigenvalue weighted by Crippen LogP contribution is 2.33. The van der Waals surface area contributed by atoms with E-state index in [-0.39, 0.29) is 13.0 Å². The molecule has 0 aromatic rings. The molecule has 0 amide bonds. The van der Waals surface area contributed by atoms with E-state index in [4.69, 9.17) is 14.6 Å². The molecule has 0 aromatic carbocycles. The van der Waals surface area contributed by atoms with Gasteiger partial charge in [0.1, 0.15) is 12.2 Å². The fourth-order valence-electron chi connectivity index (χ4n) is 1.56. The summed E-state index contributed by atoms with van der Waals surface area (Å²) in [5, 5.41) is 28.2. The Kier molecular flexibility index (Phi) is 3.18. The second-order valence-electron chi connectivity index (χ2n) is 4.01. The summed E-state index contributed by atoms with van der Waals surface area (Å²) in [4.78, 5) is 0. The van der Waals surface area contributed by atoms with Crippen molar-refractivity contribution in [2.45, 2.75) is 51.0 Å². The third kappa shape index (κ3) is 2.24. The van der Waals surface area contributed by atoms with Crippen LogP contribution in [-0.4, -0.2) is 45.7 Å². The fraction of sp³-hybridized carbons (Fsp3) is 1.00. The van der Waals surface area contributed by atoms with Crippen LogP contribution in [0.1, 0.15) is 27.2 Å². The molecule has 1 rings (SSSR count). The van der Waals surface area contributed by atoms with Gasteiger partial charge in [0, 0.05) is 6.42 Å². The molecule has 1 aliphatic heterocycles. The summed E-state index contributed by atoms with van der Waals surface area (Å²) in [6.45, 7) is 4.67. The molecule has 1 heterocycles. The molecule has 2 atom stereocenters. The van der Waals surface area contributed by atoms with Crippen LogP contribution in [0.4, 0.5) is 0 Å². The second kappa shape index (κ2) is 3.75. The van der Waals surface area contributed by atoms with Gasteiger partial charge in [0.15, 0.2) is 11.6 Å². The largest absolute Gasteiger partial charge is 0.394 e. The van der Waals surface area contributed by atoms with Crippen LogP contribution in [0, 0.1) is 0 Å². The Labute approximate surface area is 83.3 Å². The van der Waals surface area contributed by atoms with Gasteiger partial charge in [-0.2, -0.15) is 0 Å². The van der Waals surface area contributed by atoms with E-state index in [2.05, 4.69) is 0 Å². The Bertz CT molecular complexity index is 201. The molecule has 1 aliphatic rings. The normalized spacial score (nSPS) is 32.1. The van der Waals surface area contributed by atoms with E-state index in [1.807, 2.05) is 0 Å². The van der Waals surface area contributed by atoms with Crippen LogP contribution in [0.3, 0.4) is 0 Å². The maximum absolute atomic E-state index is 9.60. The van der Waals surface area contributed by atoms with Crippen molar-refractivity contribution in [3.63, 3.8) is 0 Å². The predicted molar refractivity (Wildman–Crippen MR) is 48.4 cm³/mol. The van der Waals surface area contributed by atoms with Crippen LogP contribution in [0.2, 0.25) is 0 Å². The molecular weight excluding hydrogens is 188 g/mol. The quantitative estimate of drug-likeness (QED) is 0.547. The molecule has 0 spiro atoms. The van der Waals surface area contributed by atoms with Crippen molar-refractivity contribution in [1.29, 1.82) is 0 Å². The first-order valence-electron chi connectivity index (χ1n) is 4.73. The summed E-state index contributed by atoms with van der Waals surface area (Å²) < 4.78 is 10.6. The summed E-state index contributed by atoms with van der Waals surface area (Å²) in [5.41, 5.74) is 0. The summed E-state index contributed by atoms with van der Waals surface area (Å²) >= 11 is 0. The Morgan fingerprint density at radius 3 is 2.29 bits per heavy atom. The zero-order valence-corrected chi connectivity index (χ0v) is 8.73. The standard InChI is InChI=1S/C9H18O5/c1-4-9(11,12)7-6(5-10)13-8(2,3)14-7/h6-7,10-12H,4-5H2,1-3H3. The molecule has 0 radical (unpaired) electrons. The lowest BCUT2D eigenvalue weighted by molar-refractivity contribution is -0.249. The molecule has 0 saturated carbocycles. The molecule has 5 nitrogen and oxygen atoms in total. The number of aliphatic hydroxyl groups is 3. The molecule has 5 heteroatoms. The van der Waals surface area contributed by atoms with Crippen LogP contribution in [-0.2, 0) is 9.47 Å². The number of aliphatic hydroxyl groups excluding tert-OH is 1. The molecule has 0 aromatic heterocycles. The SMILES string of the molecule is CCC(O)(O)C1OC(C)(C)OC1CO. The smallest absolute Gasteiger partial charge is 0.192 e. The maximum atomic E-state index is 9.60. The first kappa shape index (κ1) is 11.9. The monoisotopic (exact) mass is 206 g/mol. The molecule has 3 N–H and O–H groups in total.